The maximum atomic E-state index is 12.6. The molecule has 0 spiro atoms. The quantitative estimate of drug-likeness (QED) is 0.625. The average Bonchev–Trinajstić information content (AvgIpc) is 3.13. The van der Waals surface area contributed by atoms with E-state index in [1.54, 1.807) is 12.4 Å². The molecule has 1 aliphatic rings. The van der Waals surface area contributed by atoms with Gasteiger partial charge in [-0.3, -0.25) is 9.78 Å². The first-order chi connectivity index (χ1) is 13.7. The van der Waals surface area contributed by atoms with Crippen molar-refractivity contribution in [3.63, 3.8) is 0 Å². The lowest BCUT2D eigenvalue weighted by molar-refractivity contribution is -0.127. The number of carbonyl (C=O) groups excluding carboxylic acids is 1. The maximum absolute atomic E-state index is 12.6. The fourth-order valence-electron chi connectivity index (χ4n) is 3.22. The summed E-state index contributed by atoms with van der Waals surface area (Å²) in [6, 6.07) is 14.1. The monoisotopic (exact) mass is 391 g/mol. The van der Waals surface area contributed by atoms with Crippen LogP contribution in [0.1, 0.15) is 12.0 Å². The van der Waals surface area contributed by atoms with Crippen LogP contribution in [0.3, 0.4) is 0 Å². The molecule has 2 aromatic heterocycles. The fraction of sp³-hybridized carbons (Fsp3) is 0.238. The van der Waals surface area contributed by atoms with Crippen LogP contribution in [0.5, 0.6) is 0 Å². The zero-order chi connectivity index (χ0) is 19.3. The molecule has 0 radical (unpaired) electrons. The number of rotatable bonds is 5. The highest BCUT2D eigenvalue weighted by molar-refractivity contribution is 7.99. The number of pyridine rings is 1. The Hall–Kier alpha value is -2.93. The minimum Gasteiger partial charge on any atom is -0.338 e. The number of hydrogen-bond acceptors (Lipinski definition) is 5. The van der Waals surface area contributed by atoms with Crippen molar-refractivity contribution in [2.45, 2.75) is 11.6 Å². The van der Waals surface area contributed by atoms with Crippen LogP contribution in [0.15, 0.2) is 66.1 Å². The third kappa shape index (κ3) is 3.99. The van der Waals surface area contributed by atoms with Crippen molar-refractivity contribution in [1.29, 1.82) is 0 Å². The van der Waals surface area contributed by atoms with Crippen molar-refractivity contribution < 1.29 is 4.79 Å². The molecule has 0 saturated carbocycles. The van der Waals surface area contributed by atoms with Gasteiger partial charge in [0.1, 0.15) is 0 Å². The SMILES string of the molecule is Cn1c(SCC(=O)N2CC=C(c3ccccc3)CC2)nnc1-c1ccncc1. The van der Waals surface area contributed by atoms with Gasteiger partial charge in [0.2, 0.25) is 5.91 Å². The van der Waals surface area contributed by atoms with Crippen LogP contribution >= 0.6 is 11.8 Å². The summed E-state index contributed by atoms with van der Waals surface area (Å²) in [5.41, 5.74) is 3.51. The Morgan fingerprint density at radius 1 is 1.07 bits per heavy atom. The first-order valence-corrected chi connectivity index (χ1v) is 10.2. The van der Waals surface area contributed by atoms with E-state index in [1.807, 2.05) is 46.8 Å². The molecule has 3 heterocycles. The van der Waals surface area contributed by atoms with Crippen molar-refractivity contribution >= 4 is 23.2 Å². The predicted octanol–water partition coefficient (Wildman–Crippen LogP) is 3.29. The lowest BCUT2D eigenvalue weighted by Crippen LogP contribution is -2.35. The van der Waals surface area contributed by atoms with Gasteiger partial charge in [-0.2, -0.15) is 0 Å². The van der Waals surface area contributed by atoms with Gasteiger partial charge in [-0.25, -0.2) is 0 Å². The van der Waals surface area contributed by atoms with Crippen LogP contribution in [-0.2, 0) is 11.8 Å². The zero-order valence-corrected chi connectivity index (χ0v) is 16.5. The standard InChI is InChI=1S/C21H21N5OS/c1-25-20(18-7-11-22-12-8-18)23-24-21(25)28-15-19(27)26-13-9-17(10-14-26)16-5-3-2-4-6-16/h2-9,11-12H,10,13-15H2,1H3. The summed E-state index contributed by atoms with van der Waals surface area (Å²) >= 11 is 1.42. The Morgan fingerprint density at radius 2 is 1.86 bits per heavy atom. The lowest BCUT2D eigenvalue weighted by atomic mass is 10.00. The van der Waals surface area contributed by atoms with Gasteiger partial charge in [-0.05, 0) is 29.7 Å². The molecule has 0 saturated heterocycles. The summed E-state index contributed by atoms with van der Waals surface area (Å²) in [6.07, 6.45) is 6.50. The molecule has 6 nitrogen and oxygen atoms in total. The molecule has 1 aliphatic heterocycles. The summed E-state index contributed by atoms with van der Waals surface area (Å²) in [7, 11) is 1.92. The predicted molar refractivity (Wildman–Crippen MR) is 111 cm³/mol. The highest BCUT2D eigenvalue weighted by Gasteiger charge is 2.19. The van der Waals surface area contributed by atoms with E-state index in [1.165, 1.54) is 22.9 Å². The van der Waals surface area contributed by atoms with Gasteiger partial charge in [0.25, 0.3) is 0 Å². The average molecular weight is 392 g/mol. The smallest absolute Gasteiger partial charge is 0.233 e. The van der Waals surface area contributed by atoms with E-state index in [4.69, 9.17) is 0 Å². The van der Waals surface area contributed by atoms with Gasteiger partial charge in [0, 0.05) is 38.1 Å². The molecule has 1 amide bonds. The van der Waals surface area contributed by atoms with Crippen molar-refractivity contribution in [2.75, 3.05) is 18.8 Å². The maximum Gasteiger partial charge on any atom is 0.233 e. The Balaban J connectivity index is 1.36. The Bertz CT molecular complexity index is 985. The molecule has 7 heteroatoms. The second-order valence-electron chi connectivity index (χ2n) is 6.57. The normalized spacial score (nSPS) is 14.0. The molecular weight excluding hydrogens is 370 g/mol. The molecule has 4 rings (SSSR count). The van der Waals surface area contributed by atoms with Crippen molar-refractivity contribution in [3.8, 4) is 11.4 Å². The molecule has 3 aromatic rings. The van der Waals surface area contributed by atoms with Crippen LogP contribution < -0.4 is 0 Å². The molecule has 0 fully saturated rings. The van der Waals surface area contributed by atoms with E-state index in [2.05, 4.69) is 33.4 Å². The molecule has 0 unspecified atom stereocenters. The van der Waals surface area contributed by atoms with E-state index in [-0.39, 0.29) is 5.91 Å². The summed E-state index contributed by atoms with van der Waals surface area (Å²) in [5, 5.41) is 9.22. The topological polar surface area (TPSA) is 63.9 Å². The van der Waals surface area contributed by atoms with Gasteiger partial charge in [-0.15, -0.1) is 10.2 Å². The molecule has 0 N–H and O–H groups in total. The Morgan fingerprint density at radius 3 is 2.57 bits per heavy atom. The second kappa shape index (κ2) is 8.39. The molecule has 142 valence electrons. The third-order valence-corrected chi connectivity index (χ3v) is 5.81. The number of hydrogen-bond donors (Lipinski definition) is 0. The number of carbonyl (C=O) groups is 1. The van der Waals surface area contributed by atoms with Crippen LogP contribution in [0, 0.1) is 0 Å². The van der Waals surface area contributed by atoms with E-state index >= 15 is 0 Å². The van der Waals surface area contributed by atoms with Crippen LogP contribution in [-0.4, -0.2) is 49.4 Å². The number of nitrogens with zero attached hydrogens (tertiary/aromatic N) is 5. The molecule has 1 aromatic carbocycles. The third-order valence-electron chi connectivity index (χ3n) is 4.80. The van der Waals surface area contributed by atoms with E-state index in [0.717, 1.165) is 29.5 Å². The van der Waals surface area contributed by atoms with Crippen molar-refractivity contribution in [1.82, 2.24) is 24.6 Å². The Kier molecular flexibility index (Phi) is 5.53. The summed E-state index contributed by atoms with van der Waals surface area (Å²) in [6.45, 7) is 1.41. The van der Waals surface area contributed by atoms with Gasteiger partial charge in [-0.1, -0.05) is 48.2 Å². The molecule has 0 atom stereocenters. The van der Waals surface area contributed by atoms with Crippen molar-refractivity contribution in [3.05, 3.63) is 66.5 Å². The fourth-order valence-corrected chi connectivity index (χ4v) is 4.03. The van der Waals surface area contributed by atoms with E-state index < -0.39 is 0 Å². The largest absolute Gasteiger partial charge is 0.338 e. The molecule has 0 aliphatic carbocycles. The van der Waals surface area contributed by atoms with Gasteiger partial charge in [0.05, 0.1) is 5.75 Å². The first kappa shape index (κ1) is 18.4. The van der Waals surface area contributed by atoms with Gasteiger partial charge >= 0.3 is 0 Å². The molecular formula is C21H21N5OS. The highest BCUT2D eigenvalue weighted by Crippen LogP contribution is 2.24. The minimum atomic E-state index is 0.127. The summed E-state index contributed by atoms with van der Waals surface area (Å²) in [5.74, 6) is 1.25. The summed E-state index contributed by atoms with van der Waals surface area (Å²) < 4.78 is 1.91. The second-order valence-corrected chi connectivity index (χ2v) is 7.52. The van der Waals surface area contributed by atoms with Crippen LogP contribution in [0.2, 0.25) is 0 Å². The van der Waals surface area contributed by atoms with Gasteiger partial charge < -0.3 is 9.47 Å². The van der Waals surface area contributed by atoms with Gasteiger partial charge in [0.15, 0.2) is 11.0 Å². The number of amides is 1. The van der Waals surface area contributed by atoms with E-state index in [9.17, 15) is 4.79 Å². The number of aromatic nitrogens is 4. The van der Waals surface area contributed by atoms with Crippen LogP contribution in [0.4, 0.5) is 0 Å². The number of benzene rings is 1. The lowest BCUT2D eigenvalue weighted by Gasteiger charge is -2.26. The zero-order valence-electron chi connectivity index (χ0n) is 15.7. The Labute approximate surface area is 168 Å². The van der Waals surface area contributed by atoms with Crippen molar-refractivity contribution in [2.24, 2.45) is 7.05 Å². The summed E-state index contributed by atoms with van der Waals surface area (Å²) in [4.78, 5) is 18.5. The molecule has 28 heavy (non-hydrogen) atoms. The van der Waals surface area contributed by atoms with E-state index in [0.29, 0.717) is 12.3 Å². The number of thioether (sulfide) groups is 1. The first-order valence-electron chi connectivity index (χ1n) is 9.17. The minimum absolute atomic E-state index is 0.127. The highest BCUT2D eigenvalue weighted by atomic mass is 32.2. The molecule has 0 bridgehead atoms. The van der Waals surface area contributed by atoms with Crippen LogP contribution in [0.25, 0.3) is 17.0 Å².